The van der Waals surface area contributed by atoms with Gasteiger partial charge < -0.3 is 10.3 Å². The Kier molecular flexibility index (Phi) is 5.57. The van der Waals surface area contributed by atoms with E-state index in [1.165, 1.54) is 12.1 Å². The van der Waals surface area contributed by atoms with Crippen molar-refractivity contribution in [3.63, 3.8) is 0 Å². The maximum Gasteiger partial charge on any atom is 0.261 e. The number of anilines is 2. The number of aromatic amines is 1. The predicted octanol–water partition coefficient (Wildman–Crippen LogP) is 5.28. The van der Waals surface area contributed by atoms with Crippen LogP contribution in [0.1, 0.15) is 10.4 Å². The van der Waals surface area contributed by atoms with Crippen molar-refractivity contribution in [1.29, 1.82) is 0 Å². The monoisotopic (exact) mass is 468 g/mol. The fourth-order valence-corrected chi connectivity index (χ4v) is 4.66. The molecule has 0 saturated carbocycles. The molecule has 1 heterocycles. The standard InChI is InChI=1S/C26H20N4O3S/c31-26(18-14-16-19(17-15-18)30-34(32,33)20-8-2-1-3-9-20)29-22-11-5-4-10-21(22)25-27-23-12-6-7-13-24(23)28-25/h1-17,30H,(H,27,28)(H,29,31). The highest BCUT2D eigenvalue weighted by Gasteiger charge is 2.15. The van der Waals surface area contributed by atoms with E-state index in [4.69, 9.17) is 0 Å². The molecule has 1 aromatic heterocycles. The van der Waals surface area contributed by atoms with E-state index in [-0.39, 0.29) is 10.8 Å². The van der Waals surface area contributed by atoms with E-state index in [1.54, 1.807) is 42.5 Å². The van der Waals surface area contributed by atoms with E-state index in [9.17, 15) is 13.2 Å². The van der Waals surface area contributed by atoms with Crippen molar-refractivity contribution in [2.45, 2.75) is 4.90 Å². The van der Waals surface area contributed by atoms with Crippen LogP contribution in [0.2, 0.25) is 0 Å². The Balaban J connectivity index is 1.34. The van der Waals surface area contributed by atoms with E-state index in [0.717, 1.165) is 16.6 Å². The van der Waals surface area contributed by atoms with Crippen LogP contribution < -0.4 is 10.0 Å². The summed E-state index contributed by atoms with van der Waals surface area (Å²) >= 11 is 0. The summed E-state index contributed by atoms with van der Waals surface area (Å²) in [5.74, 6) is 0.337. The topological polar surface area (TPSA) is 104 Å². The summed E-state index contributed by atoms with van der Waals surface area (Å²) in [7, 11) is -3.70. The summed E-state index contributed by atoms with van der Waals surface area (Å²) in [6, 6.07) is 29.5. The second-order valence-corrected chi connectivity index (χ2v) is 9.28. The van der Waals surface area contributed by atoms with Gasteiger partial charge in [0, 0.05) is 16.8 Å². The highest BCUT2D eigenvalue weighted by atomic mass is 32.2. The fraction of sp³-hybridized carbons (Fsp3) is 0. The van der Waals surface area contributed by atoms with Crippen molar-refractivity contribution >= 4 is 38.3 Å². The zero-order chi connectivity index (χ0) is 23.5. The van der Waals surface area contributed by atoms with E-state index in [1.807, 2.05) is 48.5 Å². The third-order valence-corrected chi connectivity index (χ3v) is 6.67. The molecule has 0 spiro atoms. The van der Waals surface area contributed by atoms with Crippen LogP contribution in [0.15, 0.2) is 108 Å². The quantitative estimate of drug-likeness (QED) is 0.315. The lowest BCUT2D eigenvalue weighted by molar-refractivity contribution is 0.102. The smallest absolute Gasteiger partial charge is 0.261 e. The molecule has 34 heavy (non-hydrogen) atoms. The number of aromatic nitrogens is 2. The van der Waals surface area contributed by atoms with Crippen LogP contribution in [-0.4, -0.2) is 24.3 Å². The lowest BCUT2D eigenvalue weighted by Crippen LogP contribution is -2.14. The highest BCUT2D eigenvalue weighted by molar-refractivity contribution is 7.92. The van der Waals surface area contributed by atoms with Gasteiger partial charge in [0.25, 0.3) is 15.9 Å². The molecule has 0 aliphatic carbocycles. The first-order valence-electron chi connectivity index (χ1n) is 10.5. The van der Waals surface area contributed by atoms with Crippen molar-refractivity contribution in [3.8, 4) is 11.4 Å². The maximum absolute atomic E-state index is 12.9. The third kappa shape index (κ3) is 4.39. The lowest BCUT2D eigenvalue weighted by Gasteiger charge is -2.11. The third-order valence-electron chi connectivity index (χ3n) is 5.27. The number of nitrogens with one attached hydrogen (secondary N) is 3. The van der Waals surface area contributed by atoms with Gasteiger partial charge in [-0.05, 0) is 60.7 Å². The molecule has 0 radical (unpaired) electrons. The first-order valence-corrected chi connectivity index (χ1v) is 12.0. The summed E-state index contributed by atoms with van der Waals surface area (Å²) in [5.41, 5.74) is 3.88. The number of hydrogen-bond donors (Lipinski definition) is 3. The van der Waals surface area contributed by atoms with E-state index in [0.29, 0.717) is 22.8 Å². The van der Waals surface area contributed by atoms with Gasteiger partial charge in [0.15, 0.2) is 0 Å². The Morgan fingerprint density at radius 3 is 2.21 bits per heavy atom. The molecule has 0 aliphatic heterocycles. The van der Waals surface area contributed by atoms with Crippen molar-refractivity contribution in [1.82, 2.24) is 9.97 Å². The highest BCUT2D eigenvalue weighted by Crippen LogP contribution is 2.28. The molecule has 7 nitrogen and oxygen atoms in total. The Bertz CT molecular complexity index is 1540. The Labute approximate surface area is 196 Å². The minimum absolute atomic E-state index is 0.166. The number of nitrogens with zero attached hydrogens (tertiary/aromatic N) is 1. The largest absolute Gasteiger partial charge is 0.338 e. The predicted molar refractivity (Wildman–Crippen MR) is 133 cm³/mol. The van der Waals surface area contributed by atoms with Crippen LogP contribution in [0.25, 0.3) is 22.4 Å². The molecular weight excluding hydrogens is 448 g/mol. The molecule has 4 aromatic carbocycles. The van der Waals surface area contributed by atoms with Crippen LogP contribution >= 0.6 is 0 Å². The van der Waals surface area contributed by atoms with Crippen LogP contribution in [0.5, 0.6) is 0 Å². The number of H-pyrrole nitrogens is 1. The van der Waals surface area contributed by atoms with Crippen molar-refractivity contribution in [2.75, 3.05) is 10.0 Å². The van der Waals surface area contributed by atoms with Crippen LogP contribution in [0, 0.1) is 0 Å². The molecule has 0 fully saturated rings. The van der Waals surface area contributed by atoms with Crippen molar-refractivity contribution in [3.05, 3.63) is 109 Å². The van der Waals surface area contributed by atoms with Gasteiger partial charge in [0.05, 0.1) is 21.6 Å². The number of carbonyl (C=O) groups is 1. The minimum atomic E-state index is -3.70. The summed E-state index contributed by atoms with van der Waals surface area (Å²) in [6.07, 6.45) is 0. The lowest BCUT2D eigenvalue weighted by atomic mass is 10.1. The number of imidazole rings is 1. The molecule has 5 rings (SSSR count). The van der Waals surface area contributed by atoms with Gasteiger partial charge in [0.2, 0.25) is 0 Å². The number of fused-ring (bicyclic) bond motifs is 1. The molecule has 5 aromatic rings. The van der Waals surface area contributed by atoms with Crippen molar-refractivity contribution < 1.29 is 13.2 Å². The first kappa shape index (κ1) is 21.4. The zero-order valence-electron chi connectivity index (χ0n) is 17.9. The van der Waals surface area contributed by atoms with Gasteiger partial charge in [-0.15, -0.1) is 0 Å². The van der Waals surface area contributed by atoms with E-state index >= 15 is 0 Å². The van der Waals surface area contributed by atoms with E-state index < -0.39 is 10.0 Å². The van der Waals surface area contributed by atoms with Gasteiger partial charge in [-0.25, -0.2) is 13.4 Å². The fourth-order valence-electron chi connectivity index (χ4n) is 3.58. The Hall–Kier alpha value is -4.43. The molecule has 0 aliphatic rings. The molecule has 0 unspecified atom stereocenters. The average Bonchev–Trinajstić information content (AvgIpc) is 3.29. The van der Waals surface area contributed by atoms with Gasteiger partial charge in [0.1, 0.15) is 5.82 Å². The number of benzene rings is 4. The molecule has 0 atom stereocenters. The maximum atomic E-state index is 12.9. The molecule has 8 heteroatoms. The molecular formula is C26H20N4O3S. The number of rotatable bonds is 6. The van der Waals surface area contributed by atoms with Crippen LogP contribution in [0.4, 0.5) is 11.4 Å². The summed E-state index contributed by atoms with van der Waals surface area (Å²) in [5, 5.41) is 2.93. The van der Waals surface area contributed by atoms with Crippen molar-refractivity contribution in [2.24, 2.45) is 0 Å². The summed E-state index contributed by atoms with van der Waals surface area (Å²) in [6.45, 7) is 0. The Morgan fingerprint density at radius 1 is 0.765 bits per heavy atom. The molecule has 0 saturated heterocycles. The molecule has 3 N–H and O–H groups in total. The molecule has 0 bridgehead atoms. The first-order chi connectivity index (χ1) is 16.5. The Morgan fingerprint density at radius 2 is 1.44 bits per heavy atom. The second kappa shape index (κ2) is 8.84. The number of hydrogen-bond acceptors (Lipinski definition) is 4. The summed E-state index contributed by atoms with van der Waals surface area (Å²) in [4.78, 5) is 21.0. The second-order valence-electron chi connectivity index (χ2n) is 7.60. The number of sulfonamides is 1. The van der Waals surface area contributed by atoms with Gasteiger partial charge in [-0.2, -0.15) is 0 Å². The zero-order valence-corrected chi connectivity index (χ0v) is 18.7. The summed E-state index contributed by atoms with van der Waals surface area (Å²) < 4.78 is 27.5. The van der Waals surface area contributed by atoms with Gasteiger partial charge in [-0.1, -0.05) is 42.5 Å². The van der Waals surface area contributed by atoms with Crippen LogP contribution in [-0.2, 0) is 10.0 Å². The SMILES string of the molecule is O=C(Nc1ccccc1-c1nc2ccccc2[nH]1)c1ccc(NS(=O)(=O)c2ccccc2)cc1. The normalized spacial score (nSPS) is 11.3. The number of carbonyl (C=O) groups excluding carboxylic acids is 1. The number of para-hydroxylation sites is 3. The van der Waals surface area contributed by atoms with E-state index in [2.05, 4.69) is 20.0 Å². The van der Waals surface area contributed by atoms with Gasteiger partial charge >= 0.3 is 0 Å². The molecule has 1 amide bonds. The minimum Gasteiger partial charge on any atom is -0.338 e. The average molecular weight is 469 g/mol. The number of amides is 1. The van der Waals surface area contributed by atoms with Gasteiger partial charge in [-0.3, -0.25) is 9.52 Å². The van der Waals surface area contributed by atoms with Crippen LogP contribution in [0.3, 0.4) is 0 Å². The molecule has 168 valence electrons.